The first-order chi connectivity index (χ1) is 10.1. The minimum atomic E-state index is -0.260. The van der Waals surface area contributed by atoms with Crippen LogP contribution in [-0.4, -0.2) is 21.9 Å². The van der Waals surface area contributed by atoms with E-state index in [9.17, 15) is 4.79 Å². The molecule has 0 amide bonds. The summed E-state index contributed by atoms with van der Waals surface area (Å²) < 4.78 is 7.21. The molecule has 1 fully saturated rings. The van der Waals surface area contributed by atoms with Crippen molar-refractivity contribution in [2.24, 2.45) is 13.0 Å². The van der Waals surface area contributed by atoms with Crippen molar-refractivity contribution in [2.45, 2.75) is 25.9 Å². The molecule has 1 unspecified atom stereocenters. The maximum Gasteiger partial charge on any atom is 0.338 e. The van der Waals surface area contributed by atoms with Crippen molar-refractivity contribution in [1.82, 2.24) is 9.78 Å². The van der Waals surface area contributed by atoms with Crippen LogP contribution < -0.4 is 5.32 Å². The SMILES string of the molecule is CC(OC(=O)c1cccc(Nc2cnn(C)c2)c1)C1CC1. The van der Waals surface area contributed by atoms with Crippen molar-refractivity contribution in [2.75, 3.05) is 5.32 Å². The molecule has 0 aliphatic heterocycles. The third kappa shape index (κ3) is 3.42. The van der Waals surface area contributed by atoms with E-state index in [0.29, 0.717) is 11.5 Å². The zero-order valence-electron chi connectivity index (χ0n) is 12.2. The third-order valence-electron chi connectivity index (χ3n) is 3.67. The van der Waals surface area contributed by atoms with Gasteiger partial charge >= 0.3 is 5.97 Å². The highest BCUT2D eigenvalue weighted by molar-refractivity contribution is 5.90. The molecule has 0 radical (unpaired) electrons. The highest BCUT2D eigenvalue weighted by Crippen LogP contribution is 2.34. The van der Waals surface area contributed by atoms with Gasteiger partial charge in [-0.1, -0.05) is 6.07 Å². The summed E-state index contributed by atoms with van der Waals surface area (Å²) in [6.45, 7) is 1.97. The molecule has 1 heterocycles. The standard InChI is InChI=1S/C16H19N3O2/c1-11(12-6-7-12)21-16(20)13-4-3-5-14(8-13)18-15-9-17-19(2)10-15/h3-5,8-12,18H,6-7H2,1-2H3. The zero-order chi connectivity index (χ0) is 14.8. The predicted octanol–water partition coefficient (Wildman–Crippen LogP) is 3.12. The molecule has 5 heteroatoms. The van der Waals surface area contributed by atoms with Gasteiger partial charge in [-0.3, -0.25) is 4.68 Å². The zero-order valence-corrected chi connectivity index (χ0v) is 12.2. The molecule has 1 saturated carbocycles. The number of ether oxygens (including phenoxy) is 1. The molecule has 1 N–H and O–H groups in total. The second kappa shape index (κ2) is 5.60. The Bertz CT molecular complexity index is 646. The van der Waals surface area contributed by atoms with Gasteiger partial charge in [0.1, 0.15) is 6.10 Å². The average molecular weight is 285 g/mol. The van der Waals surface area contributed by atoms with Crippen LogP contribution >= 0.6 is 0 Å². The predicted molar refractivity (Wildman–Crippen MR) is 80.5 cm³/mol. The fourth-order valence-corrected chi connectivity index (χ4v) is 2.28. The number of rotatable bonds is 5. The van der Waals surface area contributed by atoms with E-state index in [-0.39, 0.29) is 12.1 Å². The number of aromatic nitrogens is 2. The lowest BCUT2D eigenvalue weighted by Gasteiger charge is -2.12. The van der Waals surface area contributed by atoms with E-state index in [0.717, 1.165) is 24.2 Å². The number of carbonyl (C=O) groups excluding carboxylic acids is 1. The van der Waals surface area contributed by atoms with Gasteiger partial charge in [-0.25, -0.2) is 4.79 Å². The second-order valence-electron chi connectivity index (χ2n) is 5.56. The van der Waals surface area contributed by atoms with Gasteiger partial charge in [0.2, 0.25) is 0 Å². The van der Waals surface area contributed by atoms with Crippen LogP contribution in [0, 0.1) is 5.92 Å². The van der Waals surface area contributed by atoms with Crippen molar-refractivity contribution < 1.29 is 9.53 Å². The number of esters is 1. The first kappa shape index (κ1) is 13.7. The Morgan fingerprint density at radius 3 is 2.90 bits per heavy atom. The summed E-state index contributed by atoms with van der Waals surface area (Å²) in [4.78, 5) is 12.1. The minimum absolute atomic E-state index is 0.00689. The number of carbonyl (C=O) groups is 1. The van der Waals surface area contributed by atoms with E-state index in [4.69, 9.17) is 4.74 Å². The Hall–Kier alpha value is -2.30. The Labute approximate surface area is 123 Å². The summed E-state index contributed by atoms with van der Waals surface area (Å²) in [7, 11) is 1.86. The quantitative estimate of drug-likeness (QED) is 0.858. The van der Waals surface area contributed by atoms with Gasteiger partial charge in [-0.15, -0.1) is 0 Å². The lowest BCUT2D eigenvalue weighted by Crippen LogP contribution is -2.16. The van der Waals surface area contributed by atoms with Crippen molar-refractivity contribution in [3.05, 3.63) is 42.2 Å². The van der Waals surface area contributed by atoms with Crippen LogP contribution in [0.2, 0.25) is 0 Å². The number of hydrogen-bond donors (Lipinski definition) is 1. The van der Waals surface area contributed by atoms with E-state index < -0.39 is 0 Å². The molecule has 2 aromatic rings. The lowest BCUT2D eigenvalue weighted by atomic mass is 10.2. The van der Waals surface area contributed by atoms with E-state index >= 15 is 0 Å². The molecule has 1 atom stereocenters. The van der Waals surface area contributed by atoms with Gasteiger partial charge in [-0.2, -0.15) is 5.10 Å². The molecule has 3 rings (SSSR count). The molecule has 1 aliphatic carbocycles. The average Bonchev–Trinajstić information content (AvgIpc) is 3.23. The Morgan fingerprint density at radius 1 is 1.43 bits per heavy atom. The van der Waals surface area contributed by atoms with E-state index in [1.54, 1.807) is 23.0 Å². The third-order valence-corrected chi connectivity index (χ3v) is 3.67. The number of benzene rings is 1. The molecular formula is C16H19N3O2. The van der Waals surface area contributed by atoms with Crippen LogP contribution in [0.25, 0.3) is 0 Å². The Kier molecular flexibility index (Phi) is 3.64. The Morgan fingerprint density at radius 2 is 2.24 bits per heavy atom. The van der Waals surface area contributed by atoms with Gasteiger partial charge in [0.25, 0.3) is 0 Å². The second-order valence-corrected chi connectivity index (χ2v) is 5.56. The molecule has 0 saturated heterocycles. The molecule has 0 spiro atoms. The van der Waals surface area contributed by atoms with Gasteiger partial charge < -0.3 is 10.1 Å². The summed E-state index contributed by atoms with van der Waals surface area (Å²) in [6, 6.07) is 7.33. The van der Waals surface area contributed by atoms with Crippen molar-refractivity contribution >= 4 is 17.3 Å². The highest BCUT2D eigenvalue weighted by Gasteiger charge is 2.30. The van der Waals surface area contributed by atoms with Crippen molar-refractivity contribution in [3.8, 4) is 0 Å². The van der Waals surface area contributed by atoms with Gasteiger partial charge in [0, 0.05) is 18.9 Å². The molecule has 1 aromatic heterocycles. The Balaban J connectivity index is 1.68. The summed E-state index contributed by atoms with van der Waals surface area (Å²) in [5.41, 5.74) is 2.29. The summed E-state index contributed by atoms with van der Waals surface area (Å²) >= 11 is 0. The molecule has 1 aromatic carbocycles. The van der Waals surface area contributed by atoms with Crippen LogP contribution in [0.3, 0.4) is 0 Å². The summed E-state index contributed by atoms with van der Waals surface area (Å²) in [6.07, 6.45) is 5.95. The summed E-state index contributed by atoms with van der Waals surface area (Å²) in [5, 5.41) is 7.32. The first-order valence-corrected chi connectivity index (χ1v) is 7.18. The fraction of sp³-hybridized carbons (Fsp3) is 0.375. The maximum atomic E-state index is 12.1. The lowest BCUT2D eigenvalue weighted by molar-refractivity contribution is 0.0295. The van der Waals surface area contributed by atoms with Gasteiger partial charge in [-0.05, 0) is 43.9 Å². The number of aryl methyl sites for hydroxylation is 1. The van der Waals surface area contributed by atoms with E-state index in [1.807, 2.05) is 32.3 Å². The topological polar surface area (TPSA) is 56.1 Å². The maximum absolute atomic E-state index is 12.1. The van der Waals surface area contributed by atoms with Gasteiger partial charge in [0.05, 0.1) is 17.4 Å². The molecule has 110 valence electrons. The fourth-order valence-electron chi connectivity index (χ4n) is 2.28. The number of nitrogens with zero attached hydrogens (tertiary/aromatic N) is 2. The molecule has 1 aliphatic rings. The molecule has 0 bridgehead atoms. The largest absolute Gasteiger partial charge is 0.459 e. The molecular weight excluding hydrogens is 266 g/mol. The summed E-state index contributed by atoms with van der Waals surface area (Å²) in [5.74, 6) is 0.287. The van der Waals surface area contributed by atoms with Crippen LogP contribution in [0.4, 0.5) is 11.4 Å². The smallest absolute Gasteiger partial charge is 0.338 e. The molecule has 5 nitrogen and oxygen atoms in total. The molecule has 21 heavy (non-hydrogen) atoms. The highest BCUT2D eigenvalue weighted by atomic mass is 16.5. The first-order valence-electron chi connectivity index (χ1n) is 7.18. The van der Waals surface area contributed by atoms with E-state index in [1.165, 1.54) is 0 Å². The monoisotopic (exact) mass is 285 g/mol. The van der Waals surface area contributed by atoms with Crippen LogP contribution in [0.1, 0.15) is 30.1 Å². The van der Waals surface area contributed by atoms with E-state index in [2.05, 4.69) is 10.4 Å². The van der Waals surface area contributed by atoms with Crippen LogP contribution in [0.15, 0.2) is 36.7 Å². The van der Waals surface area contributed by atoms with Crippen molar-refractivity contribution in [1.29, 1.82) is 0 Å². The minimum Gasteiger partial charge on any atom is -0.459 e. The normalized spacial score (nSPS) is 15.5. The van der Waals surface area contributed by atoms with Gasteiger partial charge in [0.15, 0.2) is 0 Å². The number of anilines is 2. The van der Waals surface area contributed by atoms with Crippen LogP contribution in [-0.2, 0) is 11.8 Å². The number of nitrogens with one attached hydrogen (secondary N) is 1. The number of hydrogen-bond acceptors (Lipinski definition) is 4. The van der Waals surface area contributed by atoms with Crippen LogP contribution in [0.5, 0.6) is 0 Å². The van der Waals surface area contributed by atoms with Crippen molar-refractivity contribution in [3.63, 3.8) is 0 Å².